The second kappa shape index (κ2) is 3.84. The van der Waals surface area contributed by atoms with Gasteiger partial charge in [-0.05, 0) is 6.92 Å². The summed E-state index contributed by atoms with van der Waals surface area (Å²) in [5, 5.41) is -0.811. The van der Waals surface area contributed by atoms with E-state index in [2.05, 4.69) is 0 Å². The Bertz CT molecular complexity index is 499. The van der Waals surface area contributed by atoms with Crippen molar-refractivity contribution in [2.24, 2.45) is 0 Å². The third-order valence-electron chi connectivity index (χ3n) is 1.69. The van der Waals surface area contributed by atoms with Gasteiger partial charge in [0.2, 0.25) is 0 Å². The van der Waals surface area contributed by atoms with Crippen molar-refractivity contribution in [2.75, 3.05) is 0 Å². The highest BCUT2D eigenvalue weighted by Crippen LogP contribution is 2.32. The van der Waals surface area contributed by atoms with E-state index < -0.39 is 42.0 Å². The molecule has 15 heavy (non-hydrogen) atoms. The lowest BCUT2D eigenvalue weighted by Gasteiger charge is -2.07. The Hall–Kier alpha value is -0.460. The highest BCUT2D eigenvalue weighted by atomic mass is 35.7. The van der Waals surface area contributed by atoms with Crippen LogP contribution in [0, 0.1) is 24.4 Å². The fourth-order valence-electron chi connectivity index (χ4n) is 0.938. The molecule has 1 rings (SSSR count). The summed E-state index contributed by atoms with van der Waals surface area (Å²) >= 11 is 5.22. The van der Waals surface area contributed by atoms with E-state index in [1.54, 1.807) is 0 Å². The van der Waals surface area contributed by atoms with Crippen LogP contribution in [0.5, 0.6) is 0 Å². The molecule has 0 aliphatic rings. The molecular weight excluding hydrogens is 276 g/mol. The van der Waals surface area contributed by atoms with Gasteiger partial charge in [-0.1, -0.05) is 11.6 Å². The molecule has 0 fully saturated rings. The van der Waals surface area contributed by atoms with Crippen molar-refractivity contribution >= 4 is 31.3 Å². The first-order valence-corrected chi connectivity index (χ1v) is 6.13. The largest absolute Gasteiger partial charge is 0.267 e. The average Bonchev–Trinajstić information content (AvgIpc) is 2.09. The zero-order chi connectivity index (χ0) is 12.0. The van der Waals surface area contributed by atoms with Gasteiger partial charge in [0.1, 0.15) is 0 Å². The molecule has 0 saturated heterocycles. The summed E-state index contributed by atoms with van der Waals surface area (Å²) < 4.78 is 60.8. The summed E-state index contributed by atoms with van der Waals surface area (Å²) in [6.45, 7) is 1.01. The summed E-state index contributed by atoms with van der Waals surface area (Å²) in [7, 11) is 0.0455. The zero-order valence-electron chi connectivity index (χ0n) is 7.11. The molecular formula is C7H3Cl2F3O2S. The molecule has 0 atom stereocenters. The Labute approximate surface area is 93.0 Å². The molecule has 84 valence electrons. The van der Waals surface area contributed by atoms with E-state index in [0.29, 0.717) is 0 Å². The van der Waals surface area contributed by atoms with Crippen LogP contribution in [0.1, 0.15) is 5.56 Å². The maximum atomic E-state index is 13.2. The molecule has 0 N–H and O–H groups in total. The molecule has 2 nitrogen and oxygen atoms in total. The normalized spacial score (nSPS) is 11.9. The summed E-state index contributed by atoms with van der Waals surface area (Å²) in [4.78, 5) is -1.52. The van der Waals surface area contributed by atoms with Gasteiger partial charge in [0.05, 0.1) is 5.02 Å². The molecule has 0 aliphatic carbocycles. The Morgan fingerprint density at radius 1 is 1.07 bits per heavy atom. The highest BCUT2D eigenvalue weighted by molar-refractivity contribution is 8.13. The molecule has 0 saturated carbocycles. The molecule has 0 aliphatic heterocycles. The third kappa shape index (κ3) is 2.07. The monoisotopic (exact) mass is 278 g/mol. The van der Waals surface area contributed by atoms with E-state index in [4.69, 9.17) is 22.3 Å². The molecule has 0 unspecified atom stereocenters. The molecule has 0 amide bonds. The van der Waals surface area contributed by atoms with E-state index >= 15 is 0 Å². The molecule has 0 radical (unpaired) electrons. The van der Waals surface area contributed by atoms with Gasteiger partial charge in [-0.3, -0.25) is 0 Å². The molecule has 0 heterocycles. The van der Waals surface area contributed by atoms with Gasteiger partial charge in [0.15, 0.2) is 22.3 Å². The predicted molar refractivity (Wildman–Crippen MR) is 49.1 cm³/mol. The topological polar surface area (TPSA) is 34.1 Å². The van der Waals surface area contributed by atoms with Gasteiger partial charge < -0.3 is 0 Å². The lowest BCUT2D eigenvalue weighted by molar-refractivity contribution is 0.457. The number of rotatable bonds is 1. The van der Waals surface area contributed by atoms with Crippen molar-refractivity contribution in [2.45, 2.75) is 11.8 Å². The second-order valence-electron chi connectivity index (χ2n) is 2.65. The minimum atomic E-state index is -4.70. The first-order valence-electron chi connectivity index (χ1n) is 3.45. The fourth-order valence-corrected chi connectivity index (χ4v) is 2.18. The van der Waals surface area contributed by atoms with E-state index in [0.717, 1.165) is 6.92 Å². The molecule has 1 aromatic rings. The van der Waals surface area contributed by atoms with Gasteiger partial charge in [0.25, 0.3) is 9.05 Å². The number of halogens is 5. The number of benzene rings is 1. The minimum absolute atomic E-state index is 0.519. The molecule has 0 bridgehead atoms. The summed E-state index contributed by atoms with van der Waals surface area (Å²) in [6, 6.07) is 0. The molecule has 0 aromatic heterocycles. The van der Waals surface area contributed by atoms with E-state index in [-0.39, 0.29) is 0 Å². The van der Waals surface area contributed by atoms with Crippen LogP contribution in [-0.2, 0) is 9.05 Å². The lowest BCUT2D eigenvalue weighted by atomic mass is 10.2. The van der Waals surface area contributed by atoms with Gasteiger partial charge in [0, 0.05) is 16.2 Å². The SMILES string of the molecule is Cc1c(F)c(S(=O)(=O)Cl)c(F)c(F)c1Cl. The van der Waals surface area contributed by atoms with Crippen LogP contribution < -0.4 is 0 Å². The van der Waals surface area contributed by atoms with Crippen molar-refractivity contribution in [3.05, 3.63) is 28.0 Å². The summed E-state index contributed by atoms with van der Waals surface area (Å²) in [5.74, 6) is -5.05. The van der Waals surface area contributed by atoms with Crippen LogP contribution in [-0.4, -0.2) is 8.42 Å². The smallest absolute Gasteiger partial charge is 0.207 e. The van der Waals surface area contributed by atoms with E-state index in [1.165, 1.54) is 0 Å². The summed E-state index contributed by atoms with van der Waals surface area (Å²) in [5.41, 5.74) is -0.519. The van der Waals surface area contributed by atoms with Gasteiger partial charge in [-0.25, -0.2) is 21.6 Å². The van der Waals surface area contributed by atoms with Crippen molar-refractivity contribution in [3.8, 4) is 0 Å². The van der Waals surface area contributed by atoms with Crippen molar-refractivity contribution < 1.29 is 21.6 Å². The maximum absolute atomic E-state index is 13.2. The van der Waals surface area contributed by atoms with Crippen LogP contribution in [0.25, 0.3) is 0 Å². The fraction of sp³-hybridized carbons (Fsp3) is 0.143. The van der Waals surface area contributed by atoms with Crippen molar-refractivity contribution in [3.63, 3.8) is 0 Å². The zero-order valence-corrected chi connectivity index (χ0v) is 9.44. The third-order valence-corrected chi connectivity index (χ3v) is 3.44. The molecule has 8 heteroatoms. The van der Waals surface area contributed by atoms with Gasteiger partial charge in [-0.15, -0.1) is 0 Å². The van der Waals surface area contributed by atoms with Crippen molar-refractivity contribution in [1.29, 1.82) is 0 Å². The highest BCUT2D eigenvalue weighted by Gasteiger charge is 2.29. The quantitative estimate of drug-likeness (QED) is 0.450. The van der Waals surface area contributed by atoms with Crippen LogP contribution in [0.3, 0.4) is 0 Å². The van der Waals surface area contributed by atoms with E-state index in [9.17, 15) is 21.6 Å². The first kappa shape index (κ1) is 12.6. The van der Waals surface area contributed by atoms with Crippen LogP contribution >= 0.6 is 22.3 Å². The number of hydrogen-bond acceptors (Lipinski definition) is 2. The second-order valence-corrected chi connectivity index (χ2v) is 5.53. The van der Waals surface area contributed by atoms with Gasteiger partial charge >= 0.3 is 0 Å². The Kier molecular flexibility index (Phi) is 3.23. The average molecular weight is 279 g/mol. The maximum Gasteiger partial charge on any atom is 0.267 e. The Morgan fingerprint density at radius 2 is 1.53 bits per heavy atom. The van der Waals surface area contributed by atoms with Crippen LogP contribution in [0.2, 0.25) is 5.02 Å². The van der Waals surface area contributed by atoms with E-state index in [1.807, 2.05) is 0 Å². The minimum Gasteiger partial charge on any atom is -0.207 e. The standard InChI is InChI=1S/C7H3Cl2F3O2S/c1-2-3(8)5(11)6(12)7(4(2)10)15(9,13)14/h1H3. The Balaban J connectivity index is 3.84. The van der Waals surface area contributed by atoms with Gasteiger partial charge in [-0.2, -0.15) is 0 Å². The van der Waals surface area contributed by atoms with Crippen molar-refractivity contribution in [1.82, 2.24) is 0 Å². The number of hydrogen-bond donors (Lipinski definition) is 0. The predicted octanol–water partition coefficient (Wildman–Crippen LogP) is 2.99. The molecule has 1 aromatic carbocycles. The van der Waals surface area contributed by atoms with Crippen LogP contribution in [0.4, 0.5) is 13.2 Å². The van der Waals surface area contributed by atoms with Crippen LogP contribution in [0.15, 0.2) is 4.90 Å². The Morgan fingerprint density at radius 3 is 1.93 bits per heavy atom. The first-order chi connectivity index (χ1) is 6.68. The summed E-state index contributed by atoms with van der Waals surface area (Å²) in [6.07, 6.45) is 0. The molecule has 0 spiro atoms. The lowest BCUT2D eigenvalue weighted by Crippen LogP contribution is -2.06.